The number of nitrogens with two attached hydrogens (primary N) is 1. The number of amides is 2. The molecule has 0 spiro atoms. The molecule has 3 rings (SSSR count). The Hall–Kier alpha value is -2.84. The van der Waals surface area contributed by atoms with Crippen molar-refractivity contribution in [2.24, 2.45) is 5.73 Å². The molecule has 2 aromatic carbocycles. The quantitative estimate of drug-likeness (QED) is 0.441. The van der Waals surface area contributed by atoms with E-state index in [1.807, 2.05) is 12.1 Å². The highest BCUT2D eigenvalue weighted by Gasteiger charge is 2.11. The lowest BCUT2D eigenvalue weighted by Gasteiger charge is -2.03. The minimum Gasteiger partial charge on any atom is -0.351 e. The highest BCUT2D eigenvalue weighted by molar-refractivity contribution is 7.99. The zero-order valence-electron chi connectivity index (χ0n) is 13.4. The van der Waals surface area contributed by atoms with E-state index in [-0.39, 0.29) is 11.5 Å². The number of carbonyl (C=O) groups is 2. The molecule has 4 N–H and O–H groups in total. The van der Waals surface area contributed by atoms with Crippen molar-refractivity contribution in [1.82, 2.24) is 15.2 Å². The number of aromatic amines is 1. The van der Waals surface area contributed by atoms with E-state index < -0.39 is 6.03 Å². The number of halogens is 1. The van der Waals surface area contributed by atoms with Gasteiger partial charge in [0.1, 0.15) is 0 Å². The number of benzene rings is 2. The van der Waals surface area contributed by atoms with E-state index in [9.17, 15) is 9.59 Å². The predicted molar refractivity (Wildman–Crippen MR) is 102 cm³/mol. The summed E-state index contributed by atoms with van der Waals surface area (Å²) in [6.07, 6.45) is 0. The number of nitrogens with one attached hydrogen (secondary N) is 2. The molecule has 7 nitrogen and oxygen atoms in total. The van der Waals surface area contributed by atoms with Crippen molar-refractivity contribution in [2.45, 2.75) is 5.16 Å². The summed E-state index contributed by atoms with van der Waals surface area (Å²) in [7, 11) is 0. The smallest absolute Gasteiger partial charge is 0.316 e. The first-order chi connectivity index (χ1) is 12.5. The van der Waals surface area contributed by atoms with Gasteiger partial charge in [0, 0.05) is 21.8 Å². The molecule has 0 saturated carbocycles. The molecule has 0 aliphatic carbocycles. The number of nitrogens with zero attached hydrogens (tertiary/aromatic N) is 2. The van der Waals surface area contributed by atoms with Crippen LogP contribution in [0.1, 0.15) is 10.4 Å². The predicted octanol–water partition coefficient (Wildman–Crippen LogP) is 3.59. The number of thioether (sulfide) groups is 1. The van der Waals surface area contributed by atoms with Crippen LogP contribution in [0.25, 0.3) is 11.4 Å². The van der Waals surface area contributed by atoms with Crippen LogP contribution in [0.5, 0.6) is 0 Å². The van der Waals surface area contributed by atoms with Crippen molar-refractivity contribution in [3.05, 3.63) is 59.1 Å². The summed E-state index contributed by atoms with van der Waals surface area (Å²) in [4.78, 5) is 27.4. The Kier molecular flexibility index (Phi) is 5.55. The third-order valence-electron chi connectivity index (χ3n) is 3.39. The van der Waals surface area contributed by atoms with E-state index in [0.717, 1.165) is 5.56 Å². The fraction of sp³-hybridized carbons (Fsp3) is 0.0588. The molecule has 0 bridgehead atoms. The molecule has 0 saturated heterocycles. The van der Waals surface area contributed by atoms with Crippen LogP contribution in [-0.4, -0.2) is 32.7 Å². The van der Waals surface area contributed by atoms with E-state index >= 15 is 0 Å². The molecule has 0 atom stereocenters. The summed E-state index contributed by atoms with van der Waals surface area (Å²) in [6.45, 7) is 0. The molecular weight excluding hydrogens is 374 g/mol. The van der Waals surface area contributed by atoms with Gasteiger partial charge in [0.25, 0.3) is 0 Å². The van der Waals surface area contributed by atoms with Gasteiger partial charge < -0.3 is 11.1 Å². The van der Waals surface area contributed by atoms with Crippen molar-refractivity contribution in [3.8, 4) is 11.4 Å². The first-order valence-corrected chi connectivity index (χ1v) is 8.88. The minimum absolute atomic E-state index is 0.0709. The molecular formula is C17H14ClN5O2S. The van der Waals surface area contributed by atoms with Gasteiger partial charge in [0.05, 0.1) is 5.75 Å². The molecule has 9 heteroatoms. The maximum absolute atomic E-state index is 12.3. The van der Waals surface area contributed by atoms with Gasteiger partial charge in [-0.1, -0.05) is 23.4 Å². The largest absolute Gasteiger partial charge is 0.351 e. The zero-order chi connectivity index (χ0) is 18.5. The van der Waals surface area contributed by atoms with Crippen molar-refractivity contribution in [3.63, 3.8) is 0 Å². The average Bonchev–Trinajstić information content (AvgIpc) is 3.09. The normalized spacial score (nSPS) is 10.5. The highest BCUT2D eigenvalue weighted by atomic mass is 35.5. The number of Topliss-reactive ketones (excluding diaryl/α,β-unsaturated/α-hetero) is 1. The number of hydrogen-bond acceptors (Lipinski definition) is 5. The molecule has 26 heavy (non-hydrogen) atoms. The van der Waals surface area contributed by atoms with Gasteiger partial charge in [0.2, 0.25) is 5.16 Å². The molecule has 0 fully saturated rings. The second-order valence-electron chi connectivity index (χ2n) is 5.25. The highest BCUT2D eigenvalue weighted by Crippen LogP contribution is 2.21. The average molecular weight is 388 g/mol. The van der Waals surface area contributed by atoms with Crippen molar-refractivity contribution < 1.29 is 9.59 Å². The Morgan fingerprint density at radius 3 is 2.46 bits per heavy atom. The Bertz CT molecular complexity index is 925. The maximum Gasteiger partial charge on any atom is 0.316 e. The number of ketones is 1. The lowest BCUT2D eigenvalue weighted by atomic mass is 10.1. The zero-order valence-corrected chi connectivity index (χ0v) is 15.0. The van der Waals surface area contributed by atoms with Crippen LogP contribution < -0.4 is 11.1 Å². The monoisotopic (exact) mass is 387 g/mol. The number of urea groups is 1. The van der Waals surface area contributed by atoms with E-state index in [2.05, 4.69) is 20.5 Å². The Morgan fingerprint density at radius 2 is 1.81 bits per heavy atom. The van der Waals surface area contributed by atoms with Gasteiger partial charge in [-0.25, -0.2) is 9.78 Å². The summed E-state index contributed by atoms with van der Waals surface area (Å²) in [5.41, 5.74) is 6.96. The van der Waals surface area contributed by atoms with E-state index in [0.29, 0.717) is 27.3 Å². The number of anilines is 1. The fourth-order valence-electron chi connectivity index (χ4n) is 2.14. The van der Waals surface area contributed by atoms with Gasteiger partial charge in [0.15, 0.2) is 11.6 Å². The Morgan fingerprint density at radius 1 is 1.12 bits per heavy atom. The second kappa shape index (κ2) is 8.03. The third-order valence-corrected chi connectivity index (χ3v) is 4.49. The van der Waals surface area contributed by atoms with E-state index in [1.165, 1.54) is 11.8 Å². The van der Waals surface area contributed by atoms with Gasteiger partial charge in [-0.2, -0.15) is 0 Å². The van der Waals surface area contributed by atoms with Gasteiger partial charge >= 0.3 is 6.03 Å². The molecule has 2 amide bonds. The number of carbonyl (C=O) groups excluding carboxylic acids is 2. The summed E-state index contributed by atoms with van der Waals surface area (Å²) >= 11 is 7.10. The maximum atomic E-state index is 12.3. The Balaban J connectivity index is 1.59. The standard InChI is InChI=1S/C17H14ClN5O2S/c18-12-5-1-11(2-6-12)15-21-17(23-22-15)26-9-14(24)10-3-7-13(8-4-10)20-16(19)25/h1-8H,9H2,(H3,19,20,25)(H,21,22,23). The lowest BCUT2D eigenvalue weighted by molar-refractivity contribution is 0.102. The molecule has 1 heterocycles. The van der Waals surface area contributed by atoms with Crippen LogP contribution in [0.2, 0.25) is 5.02 Å². The summed E-state index contributed by atoms with van der Waals surface area (Å²) in [5, 5.41) is 10.5. The number of H-pyrrole nitrogens is 1. The van der Waals surface area contributed by atoms with Crippen molar-refractivity contribution >= 4 is 40.9 Å². The number of hydrogen-bond donors (Lipinski definition) is 3. The van der Waals surface area contributed by atoms with E-state index in [4.69, 9.17) is 17.3 Å². The molecule has 0 unspecified atom stereocenters. The molecule has 132 valence electrons. The van der Waals surface area contributed by atoms with Crippen LogP contribution in [-0.2, 0) is 0 Å². The number of aromatic nitrogens is 3. The third kappa shape index (κ3) is 4.62. The molecule has 0 radical (unpaired) electrons. The topological polar surface area (TPSA) is 114 Å². The second-order valence-corrected chi connectivity index (χ2v) is 6.63. The summed E-state index contributed by atoms with van der Waals surface area (Å²) in [6, 6.07) is 13.1. The van der Waals surface area contributed by atoms with Crippen LogP contribution >= 0.6 is 23.4 Å². The van der Waals surface area contributed by atoms with Gasteiger partial charge in [-0.15, -0.1) is 5.10 Å². The van der Waals surface area contributed by atoms with Crippen molar-refractivity contribution in [1.29, 1.82) is 0 Å². The molecule has 0 aliphatic heterocycles. The van der Waals surface area contributed by atoms with Gasteiger partial charge in [-0.05, 0) is 48.5 Å². The van der Waals surface area contributed by atoms with Gasteiger partial charge in [-0.3, -0.25) is 9.89 Å². The first kappa shape index (κ1) is 18.0. The van der Waals surface area contributed by atoms with Crippen LogP contribution in [0.15, 0.2) is 53.7 Å². The summed E-state index contributed by atoms with van der Waals surface area (Å²) in [5.74, 6) is 0.734. The Labute approximate surface area is 158 Å². The molecule has 0 aliphatic rings. The van der Waals surface area contributed by atoms with Crippen LogP contribution in [0, 0.1) is 0 Å². The number of rotatable bonds is 6. The van der Waals surface area contributed by atoms with E-state index in [1.54, 1.807) is 36.4 Å². The lowest BCUT2D eigenvalue weighted by Crippen LogP contribution is -2.19. The SMILES string of the molecule is NC(=O)Nc1ccc(C(=O)CSc2n[nH]c(-c3ccc(Cl)cc3)n2)cc1. The molecule has 3 aromatic rings. The molecule has 1 aromatic heterocycles. The first-order valence-electron chi connectivity index (χ1n) is 7.52. The van der Waals surface area contributed by atoms with Crippen LogP contribution in [0.3, 0.4) is 0 Å². The van der Waals surface area contributed by atoms with Crippen LogP contribution in [0.4, 0.5) is 10.5 Å². The minimum atomic E-state index is -0.652. The fourth-order valence-corrected chi connectivity index (χ4v) is 2.96. The van der Waals surface area contributed by atoms with Crippen molar-refractivity contribution in [2.75, 3.05) is 11.1 Å². The number of primary amides is 1. The summed E-state index contributed by atoms with van der Waals surface area (Å²) < 4.78 is 0.